The van der Waals surface area contributed by atoms with E-state index in [4.69, 9.17) is 4.74 Å². The average molecular weight is 261 g/mol. The van der Waals surface area contributed by atoms with Crippen LogP contribution in [-0.2, 0) is 11.2 Å². The van der Waals surface area contributed by atoms with E-state index in [1.54, 1.807) is 11.3 Å². The molecule has 0 unspecified atom stereocenters. The Hall–Kier alpha value is -1.81. The minimum atomic E-state index is 0.0362. The van der Waals surface area contributed by atoms with Gasteiger partial charge in [0.1, 0.15) is 12.4 Å². The highest BCUT2D eigenvalue weighted by Crippen LogP contribution is 2.09. The van der Waals surface area contributed by atoms with Gasteiger partial charge < -0.3 is 10.1 Å². The molecule has 1 heterocycles. The van der Waals surface area contributed by atoms with Crippen molar-refractivity contribution < 1.29 is 9.53 Å². The Bertz CT molecular complexity index is 468. The number of hydrogen-bond donors (Lipinski definition) is 1. The van der Waals surface area contributed by atoms with Crippen LogP contribution in [0.1, 0.15) is 4.88 Å². The summed E-state index contributed by atoms with van der Waals surface area (Å²) in [5, 5.41) is 4.81. The lowest BCUT2D eigenvalue weighted by Gasteiger charge is -2.07. The zero-order valence-corrected chi connectivity index (χ0v) is 10.8. The van der Waals surface area contributed by atoms with E-state index >= 15 is 0 Å². The molecular formula is C14H15NO2S. The number of benzene rings is 1. The summed E-state index contributed by atoms with van der Waals surface area (Å²) in [6.45, 7) is 1.01. The summed E-state index contributed by atoms with van der Waals surface area (Å²) in [5.41, 5.74) is 0. The van der Waals surface area contributed by atoms with Crippen LogP contribution in [0, 0.1) is 0 Å². The molecular weight excluding hydrogens is 246 g/mol. The molecule has 1 amide bonds. The van der Waals surface area contributed by atoms with Crippen LogP contribution in [0.25, 0.3) is 0 Å². The molecule has 0 aliphatic rings. The first kappa shape index (κ1) is 12.6. The van der Waals surface area contributed by atoms with Gasteiger partial charge in [-0.2, -0.15) is 0 Å². The number of rotatable bonds is 6. The molecule has 2 aromatic rings. The molecule has 0 atom stereocenters. The van der Waals surface area contributed by atoms with Crippen molar-refractivity contribution in [3.05, 3.63) is 52.7 Å². The number of para-hydroxylation sites is 1. The van der Waals surface area contributed by atoms with Crippen molar-refractivity contribution in [3.8, 4) is 5.75 Å². The number of hydrogen-bond acceptors (Lipinski definition) is 3. The fraction of sp³-hybridized carbons (Fsp3) is 0.214. The second kappa shape index (κ2) is 6.81. The Balaban J connectivity index is 1.62. The van der Waals surface area contributed by atoms with Crippen molar-refractivity contribution in [3.63, 3.8) is 0 Å². The van der Waals surface area contributed by atoms with E-state index in [0.29, 0.717) is 19.6 Å². The number of nitrogens with one attached hydrogen (secondary N) is 1. The van der Waals surface area contributed by atoms with Crippen molar-refractivity contribution in [1.29, 1.82) is 0 Å². The number of carbonyl (C=O) groups is 1. The molecule has 1 aromatic heterocycles. The van der Waals surface area contributed by atoms with Gasteiger partial charge in [0, 0.05) is 4.88 Å². The summed E-state index contributed by atoms with van der Waals surface area (Å²) in [6.07, 6.45) is 0.447. The summed E-state index contributed by atoms with van der Waals surface area (Å²) in [7, 11) is 0. The third-order valence-corrected chi connectivity index (χ3v) is 3.23. The minimum Gasteiger partial charge on any atom is -0.492 e. The van der Waals surface area contributed by atoms with Crippen LogP contribution in [0.15, 0.2) is 47.8 Å². The molecule has 0 bridgehead atoms. The largest absolute Gasteiger partial charge is 0.492 e. The first-order valence-corrected chi connectivity index (χ1v) is 6.69. The van der Waals surface area contributed by atoms with Crippen molar-refractivity contribution >= 4 is 17.2 Å². The topological polar surface area (TPSA) is 38.3 Å². The molecule has 0 aliphatic carbocycles. The smallest absolute Gasteiger partial charge is 0.225 e. The van der Waals surface area contributed by atoms with Crippen molar-refractivity contribution in [1.82, 2.24) is 5.32 Å². The van der Waals surface area contributed by atoms with Crippen LogP contribution in [0.2, 0.25) is 0 Å². The molecule has 0 fully saturated rings. The van der Waals surface area contributed by atoms with Gasteiger partial charge in [-0.05, 0) is 23.6 Å². The zero-order chi connectivity index (χ0) is 12.6. The highest BCUT2D eigenvalue weighted by molar-refractivity contribution is 7.10. The molecule has 1 aromatic carbocycles. The van der Waals surface area contributed by atoms with Gasteiger partial charge in [0.2, 0.25) is 5.91 Å². The normalized spacial score (nSPS) is 10.0. The highest BCUT2D eigenvalue weighted by Gasteiger charge is 2.03. The summed E-state index contributed by atoms with van der Waals surface area (Å²) < 4.78 is 5.48. The lowest BCUT2D eigenvalue weighted by atomic mass is 10.3. The fourth-order valence-electron chi connectivity index (χ4n) is 1.51. The van der Waals surface area contributed by atoms with Gasteiger partial charge in [-0.3, -0.25) is 4.79 Å². The number of ether oxygens (including phenoxy) is 1. The Labute approximate surface area is 110 Å². The van der Waals surface area contributed by atoms with Crippen LogP contribution < -0.4 is 10.1 Å². The van der Waals surface area contributed by atoms with Crippen molar-refractivity contribution in [2.45, 2.75) is 6.42 Å². The van der Waals surface area contributed by atoms with Gasteiger partial charge in [0.05, 0.1) is 13.0 Å². The lowest BCUT2D eigenvalue weighted by molar-refractivity contribution is -0.120. The molecule has 3 nitrogen and oxygen atoms in total. The summed E-state index contributed by atoms with van der Waals surface area (Å²) in [6, 6.07) is 13.5. The maximum atomic E-state index is 11.6. The molecule has 18 heavy (non-hydrogen) atoms. The standard InChI is InChI=1S/C14H15NO2S/c16-14(11-13-7-4-10-18-13)15-8-9-17-12-5-2-1-3-6-12/h1-7,10H,8-9,11H2,(H,15,16). The van der Waals surface area contributed by atoms with Crippen LogP contribution in [0.4, 0.5) is 0 Å². The van der Waals surface area contributed by atoms with Crippen molar-refractivity contribution in [2.24, 2.45) is 0 Å². The van der Waals surface area contributed by atoms with Gasteiger partial charge in [0.25, 0.3) is 0 Å². The van der Waals surface area contributed by atoms with E-state index in [-0.39, 0.29) is 5.91 Å². The van der Waals surface area contributed by atoms with E-state index < -0.39 is 0 Å². The molecule has 2 rings (SSSR count). The first-order valence-electron chi connectivity index (χ1n) is 5.81. The predicted molar refractivity (Wildman–Crippen MR) is 73.0 cm³/mol. The molecule has 1 N–H and O–H groups in total. The maximum Gasteiger partial charge on any atom is 0.225 e. The summed E-state index contributed by atoms with van der Waals surface area (Å²) >= 11 is 1.60. The van der Waals surface area contributed by atoms with Gasteiger partial charge in [0.15, 0.2) is 0 Å². The molecule has 0 aliphatic heterocycles. The maximum absolute atomic E-state index is 11.6. The van der Waals surface area contributed by atoms with Gasteiger partial charge >= 0.3 is 0 Å². The predicted octanol–water partition coefficient (Wildman–Crippen LogP) is 2.49. The minimum absolute atomic E-state index is 0.0362. The first-order chi connectivity index (χ1) is 8.84. The van der Waals surface area contributed by atoms with Crippen molar-refractivity contribution in [2.75, 3.05) is 13.2 Å². The van der Waals surface area contributed by atoms with Crippen LogP contribution in [-0.4, -0.2) is 19.1 Å². The molecule has 4 heteroatoms. The quantitative estimate of drug-likeness (QED) is 0.811. The van der Waals surface area contributed by atoms with Crippen LogP contribution in [0.5, 0.6) is 5.75 Å². The monoisotopic (exact) mass is 261 g/mol. The van der Waals surface area contributed by atoms with Gasteiger partial charge in [-0.15, -0.1) is 11.3 Å². The molecule has 0 saturated carbocycles. The second-order valence-corrected chi connectivity index (χ2v) is 4.80. The lowest BCUT2D eigenvalue weighted by Crippen LogP contribution is -2.29. The summed E-state index contributed by atoms with van der Waals surface area (Å²) in [4.78, 5) is 12.6. The molecule has 0 saturated heterocycles. The molecule has 0 radical (unpaired) electrons. The molecule has 0 spiro atoms. The third kappa shape index (κ3) is 4.22. The van der Waals surface area contributed by atoms with Gasteiger partial charge in [-0.25, -0.2) is 0 Å². The van der Waals surface area contributed by atoms with E-state index in [1.807, 2.05) is 47.8 Å². The summed E-state index contributed by atoms with van der Waals surface area (Å²) in [5.74, 6) is 0.860. The van der Waals surface area contributed by atoms with Crippen LogP contribution in [0.3, 0.4) is 0 Å². The SMILES string of the molecule is O=C(Cc1cccs1)NCCOc1ccccc1. The number of amides is 1. The third-order valence-electron chi connectivity index (χ3n) is 2.35. The van der Waals surface area contributed by atoms with E-state index in [9.17, 15) is 4.79 Å². The van der Waals surface area contributed by atoms with E-state index in [1.165, 1.54) is 0 Å². The molecule has 94 valence electrons. The second-order valence-electron chi connectivity index (χ2n) is 3.77. The van der Waals surface area contributed by atoms with E-state index in [0.717, 1.165) is 10.6 Å². The Kier molecular flexibility index (Phi) is 4.78. The van der Waals surface area contributed by atoms with Crippen LogP contribution >= 0.6 is 11.3 Å². The number of thiophene rings is 1. The number of carbonyl (C=O) groups excluding carboxylic acids is 1. The van der Waals surface area contributed by atoms with Gasteiger partial charge in [-0.1, -0.05) is 24.3 Å². The fourth-order valence-corrected chi connectivity index (χ4v) is 2.21. The Morgan fingerprint density at radius 2 is 2.00 bits per heavy atom. The average Bonchev–Trinajstić information content (AvgIpc) is 2.89. The highest BCUT2D eigenvalue weighted by atomic mass is 32.1. The Morgan fingerprint density at radius 1 is 1.17 bits per heavy atom. The van der Waals surface area contributed by atoms with E-state index in [2.05, 4.69) is 5.32 Å². The zero-order valence-electron chi connectivity index (χ0n) is 9.96. The Morgan fingerprint density at radius 3 is 2.72 bits per heavy atom.